The number of likely N-dealkylation sites (tertiary alicyclic amines) is 1. The first-order valence-electron chi connectivity index (χ1n) is 9.55. The van der Waals surface area contributed by atoms with E-state index in [0.29, 0.717) is 17.9 Å². The number of imide groups is 1. The van der Waals surface area contributed by atoms with Crippen molar-refractivity contribution in [1.29, 1.82) is 0 Å². The topological polar surface area (TPSA) is 75.7 Å². The molecule has 142 valence electrons. The van der Waals surface area contributed by atoms with Crippen LogP contribution in [0.15, 0.2) is 36.4 Å². The van der Waals surface area contributed by atoms with E-state index >= 15 is 0 Å². The van der Waals surface area contributed by atoms with Crippen LogP contribution in [-0.4, -0.2) is 35.8 Å². The first-order valence-corrected chi connectivity index (χ1v) is 9.55. The van der Waals surface area contributed by atoms with Gasteiger partial charge in [0.15, 0.2) is 0 Å². The van der Waals surface area contributed by atoms with E-state index in [0.717, 1.165) is 12.8 Å². The molecule has 5 atom stereocenters. The van der Waals surface area contributed by atoms with Crippen LogP contribution in [0.1, 0.15) is 26.2 Å². The van der Waals surface area contributed by atoms with Gasteiger partial charge in [0.05, 0.1) is 18.9 Å². The van der Waals surface area contributed by atoms with Crippen LogP contribution in [0.4, 0.5) is 5.69 Å². The van der Waals surface area contributed by atoms with E-state index in [2.05, 4.69) is 17.5 Å². The Morgan fingerprint density at radius 3 is 2.11 bits per heavy atom. The summed E-state index contributed by atoms with van der Waals surface area (Å²) in [4.78, 5) is 40.2. The molecule has 0 unspecified atom stereocenters. The summed E-state index contributed by atoms with van der Waals surface area (Å²) in [6, 6.07) is 6.20. The standard InChI is InChI=1S/C21H24N2O4/c1-3-16(19(24)22-14-8-10-15(27-2)11-9-14)23-20(25)17-12-4-5-13(7-6-12)18(17)21(23)26/h4-5,8-13,16-18H,3,6-7H2,1-2H3,(H,22,24)/t12-,13-,16+,17-,18-/m0/s1. The van der Waals surface area contributed by atoms with Crippen molar-refractivity contribution >= 4 is 23.4 Å². The molecule has 0 spiro atoms. The van der Waals surface area contributed by atoms with Crippen LogP contribution in [-0.2, 0) is 14.4 Å². The quantitative estimate of drug-likeness (QED) is 0.640. The van der Waals surface area contributed by atoms with E-state index in [4.69, 9.17) is 4.74 Å². The minimum Gasteiger partial charge on any atom is -0.497 e. The predicted octanol–water partition coefficient (Wildman–Crippen LogP) is 2.61. The van der Waals surface area contributed by atoms with E-state index in [9.17, 15) is 14.4 Å². The summed E-state index contributed by atoms with van der Waals surface area (Å²) in [6.07, 6.45) is 6.46. The molecule has 1 aromatic carbocycles. The number of ether oxygens (including phenoxy) is 1. The van der Waals surface area contributed by atoms with Crippen LogP contribution >= 0.6 is 0 Å². The Bertz CT molecular complexity index is 769. The van der Waals surface area contributed by atoms with Crippen LogP contribution in [0.3, 0.4) is 0 Å². The van der Waals surface area contributed by atoms with E-state index in [1.165, 1.54) is 4.90 Å². The third-order valence-corrected chi connectivity index (χ3v) is 6.15. The number of benzene rings is 1. The van der Waals surface area contributed by atoms with Crippen LogP contribution in [0.2, 0.25) is 0 Å². The average Bonchev–Trinajstić information content (AvgIpc) is 2.97. The summed E-state index contributed by atoms with van der Waals surface area (Å²) in [5.41, 5.74) is 0.609. The third kappa shape index (κ3) is 2.83. The van der Waals surface area contributed by atoms with Crippen molar-refractivity contribution < 1.29 is 19.1 Å². The lowest BCUT2D eigenvalue weighted by atomic mass is 9.63. The van der Waals surface area contributed by atoms with Gasteiger partial charge in [-0.15, -0.1) is 0 Å². The first kappa shape index (κ1) is 17.8. The molecule has 3 amide bonds. The molecule has 1 N–H and O–H groups in total. The van der Waals surface area contributed by atoms with Gasteiger partial charge < -0.3 is 10.1 Å². The van der Waals surface area contributed by atoms with Crippen molar-refractivity contribution in [2.75, 3.05) is 12.4 Å². The SMILES string of the molecule is CC[C@H](C(=O)Nc1ccc(OC)cc1)N1C(=O)[C@@H]2[C@@H](C1=O)[C@H]1C=C[C@H]2CC1. The number of carbonyl (C=O) groups excluding carboxylic acids is 3. The van der Waals surface area contributed by atoms with Gasteiger partial charge in [-0.2, -0.15) is 0 Å². The summed E-state index contributed by atoms with van der Waals surface area (Å²) in [6.45, 7) is 1.83. The second kappa shape index (κ2) is 6.83. The molecule has 6 heteroatoms. The van der Waals surface area contributed by atoms with Gasteiger partial charge in [-0.25, -0.2) is 0 Å². The highest BCUT2D eigenvalue weighted by atomic mass is 16.5. The Kier molecular flexibility index (Phi) is 4.50. The van der Waals surface area contributed by atoms with Crippen LogP contribution < -0.4 is 10.1 Å². The number of amides is 3. The van der Waals surface area contributed by atoms with E-state index in [1.807, 2.05) is 6.92 Å². The first-order chi connectivity index (χ1) is 13.0. The molecular formula is C21H24N2O4. The summed E-state index contributed by atoms with van der Waals surface area (Å²) >= 11 is 0. The van der Waals surface area contributed by atoms with Gasteiger partial charge in [-0.1, -0.05) is 19.1 Å². The van der Waals surface area contributed by atoms with Gasteiger partial charge in [0.25, 0.3) is 0 Å². The maximum absolute atomic E-state index is 13.1. The maximum atomic E-state index is 13.1. The van der Waals surface area contributed by atoms with E-state index in [-0.39, 0.29) is 41.4 Å². The lowest BCUT2D eigenvalue weighted by Crippen LogP contribution is -2.47. The molecule has 3 aliphatic carbocycles. The van der Waals surface area contributed by atoms with Crippen molar-refractivity contribution in [3.05, 3.63) is 36.4 Å². The molecule has 4 aliphatic rings. The van der Waals surface area contributed by atoms with Gasteiger partial charge in [0, 0.05) is 5.69 Å². The van der Waals surface area contributed by atoms with Crippen molar-refractivity contribution in [3.63, 3.8) is 0 Å². The Morgan fingerprint density at radius 2 is 1.67 bits per heavy atom. The number of hydrogen-bond donors (Lipinski definition) is 1. The Labute approximate surface area is 158 Å². The third-order valence-electron chi connectivity index (χ3n) is 6.15. The fraction of sp³-hybridized carbons (Fsp3) is 0.476. The second-order valence-electron chi connectivity index (χ2n) is 7.53. The molecule has 1 aromatic rings. The van der Waals surface area contributed by atoms with E-state index < -0.39 is 6.04 Å². The zero-order valence-electron chi connectivity index (χ0n) is 15.6. The summed E-state index contributed by atoms with van der Waals surface area (Å²) < 4.78 is 5.12. The van der Waals surface area contributed by atoms with Crippen molar-refractivity contribution in [2.45, 2.75) is 32.2 Å². The van der Waals surface area contributed by atoms with Crippen LogP contribution in [0, 0.1) is 23.7 Å². The molecule has 2 bridgehead atoms. The number of anilines is 1. The van der Waals surface area contributed by atoms with Gasteiger partial charge in [-0.3, -0.25) is 19.3 Å². The molecule has 1 saturated carbocycles. The largest absolute Gasteiger partial charge is 0.497 e. The van der Waals surface area contributed by atoms with Gasteiger partial charge in [0.1, 0.15) is 11.8 Å². The monoisotopic (exact) mass is 368 g/mol. The molecule has 5 rings (SSSR count). The number of fused-ring (bicyclic) bond motifs is 1. The fourth-order valence-corrected chi connectivity index (χ4v) is 4.79. The smallest absolute Gasteiger partial charge is 0.247 e. The molecule has 27 heavy (non-hydrogen) atoms. The minimum atomic E-state index is -0.780. The molecule has 1 heterocycles. The Morgan fingerprint density at radius 1 is 1.11 bits per heavy atom. The molecule has 0 aromatic heterocycles. The zero-order valence-corrected chi connectivity index (χ0v) is 15.6. The molecular weight excluding hydrogens is 344 g/mol. The highest BCUT2D eigenvalue weighted by Crippen LogP contribution is 2.50. The van der Waals surface area contributed by atoms with Crippen molar-refractivity contribution in [3.8, 4) is 5.75 Å². The number of hydrogen-bond acceptors (Lipinski definition) is 4. The highest BCUT2D eigenvalue weighted by Gasteiger charge is 2.58. The number of methoxy groups -OCH3 is 1. The molecule has 2 fully saturated rings. The number of nitrogens with zero attached hydrogens (tertiary/aromatic N) is 1. The summed E-state index contributed by atoms with van der Waals surface area (Å²) in [5.74, 6) is -0.317. The Hall–Kier alpha value is -2.63. The minimum absolute atomic E-state index is 0.128. The molecule has 1 saturated heterocycles. The normalized spacial score (nSPS) is 29.6. The zero-order chi connectivity index (χ0) is 19.1. The lowest BCUT2D eigenvalue weighted by molar-refractivity contribution is -0.146. The second-order valence-corrected chi connectivity index (χ2v) is 7.53. The van der Waals surface area contributed by atoms with Crippen LogP contribution in [0.5, 0.6) is 5.75 Å². The van der Waals surface area contributed by atoms with Crippen LogP contribution in [0.25, 0.3) is 0 Å². The summed E-state index contributed by atoms with van der Waals surface area (Å²) in [5, 5.41) is 2.83. The van der Waals surface area contributed by atoms with Gasteiger partial charge in [0.2, 0.25) is 17.7 Å². The molecule has 6 nitrogen and oxygen atoms in total. The van der Waals surface area contributed by atoms with Crippen molar-refractivity contribution in [1.82, 2.24) is 4.90 Å². The highest BCUT2D eigenvalue weighted by molar-refractivity contribution is 6.10. The molecule has 0 radical (unpaired) electrons. The van der Waals surface area contributed by atoms with Gasteiger partial charge in [-0.05, 0) is 55.4 Å². The van der Waals surface area contributed by atoms with E-state index in [1.54, 1.807) is 31.4 Å². The Balaban J connectivity index is 1.54. The lowest BCUT2D eigenvalue weighted by Gasteiger charge is -2.38. The fourth-order valence-electron chi connectivity index (χ4n) is 4.79. The number of rotatable bonds is 5. The van der Waals surface area contributed by atoms with Crippen molar-refractivity contribution in [2.24, 2.45) is 23.7 Å². The van der Waals surface area contributed by atoms with Gasteiger partial charge >= 0.3 is 0 Å². The predicted molar refractivity (Wildman–Crippen MR) is 99.9 cm³/mol. The molecule has 1 aliphatic heterocycles. The number of allylic oxidation sites excluding steroid dienone is 2. The number of carbonyl (C=O) groups is 3. The maximum Gasteiger partial charge on any atom is 0.247 e. The number of nitrogens with one attached hydrogen (secondary N) is 1. The summed E-state index contributed by atoms with van der Waals surface area (Å²) in [7, 11) is 1.58. The average molecular weight is 368 g/mol.